The van der Waals surface area contributed by atoms with Gasteiger partial charge in [0.2, 0.25) is 5.91 Å². The van der Waals surface area contributed by atoms with E-state index in [1.807, 2.05) is 36.1 Å². The van der Waals surface area contributed by atoms with Crippen molar-refractivity contribution < 1.29 is 10.0 Å². The summed E-state index contributed by atoms with van der Waals surface area (Å²) in [6, 6.07) is 8.27. The SMILES string of the molecule is CCN(C(=O)CN1CCC(=NO)c2ccccc21)C1CC1. The lowest BCUT2D eigenvalue weighted by atomic mass is 9.99. The number of benzene rings is 1. The summed E-state index contributed by atoms with van der Waals surface area (Å²) in [5.41, 5.74) is 2.61. The summed E-state index contributed by atoms with van der Waals surface area (Å²) >= 11 is 0. The lowest BCUT2D eigenvalue weighted by Crippen LogP contribution is -2.44. The fourth-order valence-electron chi connectivity index (χ4n) is 3.04. The van der Waals surface area contributed by atoms with Crippen LogP contribution in [0.2, 0.25) is 0 Å². The quantitative estimate of drug-likeness (QED) is 0.681. The van der Waals surface area contributed by atoms with Crippen molar-refractivity contribution in [2.24, 2.45) is 5.16 Å². The summed E-state index contributed by atoms with van der Waals surface area (Å²) in [5.74, 6) is 0.194. The zero-order valence-electron chi connectivity index (χ0n) is 12.3. The largest absolute Gasteiger partial charge is 0.411 e. The van der Waals surface area contributed by atoms with E-state index in [4.69, 9.17) is 5.21 Å². The maximum Gasteiger partial charge on any atom is 0.242 e. The molecule has 1 heterocycles. The van der Waals surface area contributed by atoms with Crippen molar-refractivity contribution in [3.05, 3.63) is 29.8 Å². The highest BCUT2D eigenvalue weighted by atomic mass is 16.4. The number of rotatable bonds is 4. The van der Waals surface area contributed by atoms with Crippen molar-refractivity contribution in [3.8, 4) is 0 Å². The molecule has 5 heteroatoms. The van der Waals surface area contributed by atoms with E-state index in [1.165, 1.54) is 0 Å². The first kappa shape index (κ1) is 13.9. The summed E-state index contributed by atoms with van der Waals surface area (Å²) in [5, 5.41) is 12.5. The number of fused-ring (bicyclic) bond motifs is 1. The smallest absolute Gasteiger partial charge is 0.242 e. The van der Waals surface area contributed by atoms with Crippen LogP contribution in [0.25, 0.3) is 0 Å². The molecule has 1 aromatic rings. The van der Waals surface area contributed by atoms with E-state index >= 15 is 0 Å². The number of likely N-dealkylation sites (N-methyl/N-ethyl adjacent to an activating group) is 1. The van der Waals surface area contributed by atoms with E-state index in [0.29, 0.717) is 31.3 Å². The van der Waals surface area contributed by atoms with Crippen LogP contribution in [0.3, 0.4) is 0 Å². The van der Waals surface area contributed by atoms with Gasteiger partial charge in [-0.05, 0) is 25.8 Å². The Morgan fingerprint density at radius 2 is 2.19 bits per heavy atom. The number of carbonyl (C=O) groups is 1. The third kappa shape index (κ3) is 2.73. The van der Waals surface area contributed by atoms with Crippen molar-refractivity contribution in [3.63, 3.8) is 0 Å². The highest BCUT2D eigenvalue weighted by Crippen LogP contribution is 2.29. The first-order valence-electron chi connectivity index (χ1n) is 7.59. The van der Waals surface area contributed by atoms with Crippen LogP contribution in [-0.2, 0) is 4.79 Å². The van der Waals surface area contributed by atoms with Crippen LogP contribution in [0.15, 0.2) is 29.4 Å². The summed E-state index contributed by atoms with van der Waals surface area (Å²) in [4.78, 5) is 16.6. The van der Waals surface area contributed by atoms with Crippen molar-refractivity contribution in [2.75, 3.05) is 24.5 Å². The molecular formula is C16H21N3O2. The average Bonchev–Trinajstić information content (AvgIpc) is 3.33. The second-order valence-electron chi connectivity index (χ2n) is 5.65. The predicted octanol–water partition coefficient (Wildman–Crippen LogP) is 2.09. The summed E-state index contributed by atoms with van der Waals surface area (Å²) in [6.07, 6.45) is 2.94. The number of carbonyl (C=O) groups excluding carboxylic acids is 1. The lowest BCUT2D eigenvalue weighted by molar-refractivity contribution is -0.130. The van der Waals surface area contributed by atoms with E-state index < -0.39 is 0 Å². The Morgan fingerprint density at radius 3 is 2.86 bits per heavy atom. The molecule has 0 bridgehead atoms. The summed E-state index contributed by atoms with van der Waals surface area (Å²) in [7, 11) is 0. The van der Waals surface area contributed by atoms with Crippen LogP contribution in [0, 0.1) is 0 Å². The minimum atomic E-state index is 0.194. The van der Waals surface area contributed by atoms with Gasteiger partial charge >= 0.3 is 0 Å². The molecule has 1 N–H and O–H groups in total. The highest BCUT2D eigenvalue weighted by molar-refractivity contribution is 6.07. The molecule has 21 heavy (non-hydrogen) atoms. The van der Waals surface area contributed by atoms with Gasteiger partial charge in [0.05, 0.1) is 12.3 Å². The van der Waals surface area contributed by atoms with E-state index in [-0.39, 0.29) is 5.91 Å². The maximum absolute atomic E-state index is 12.5. The Kier molecular flexibility index (Phi) is 3.82. The zero-order valence-corrected chi connectivity index (χ0v) is 12.3. The van der Waals surface area contributed by atoms with Gasteiger partial charge < -0.3 is 15.0 Å². The fraction of sp³-hybridized carbons (Fsp3) is 0.500. The summed E-state index contributed by atoms with van der Waals surface area (Å²) < 4.78 is 0. The molecule has 0 spiro atoms. The lowest BCUT2D eigenvalue weighted by Gasteiger charge is -2.33. The molecule has 112 valence electrons. The number of amides is 1. The Hall–Kier alpha value is -2.04. The fourth-order valence-corrected chi connectivity index (χ4v) is 3.04. The minimum absolute atomic E-state index is 0.194. The molecular weight excluding hydrogens is 266 g/mol. The normalized spacial score (nSPS) is 19.5. The van der Waals surface area contributed by atoms with Crippen LogP contribution < -0.4 is 4.90 Å². The van der Waals surface area contributed by atoms with Crippen molar-refractivity contribution in [1.29, 1.82) is 0 Å². The van der Waals surface area contributed by atoms with Crippen LogP contribution >= 0.6 is 0 Å². The molecule has 0 unspecified atom stereocenters. The molecule has 1 aliphatic heterocycles. The van der Waals surface area contributed by atoms with Gasteiger partial charge in [-0.15, -0.1) is 0 Å². The van der Waals surface area contributed by atoms with Gasteiger partial charge in [-0.2, -0.15) is 0 Å². The monoisotopic (exact) mass is 287 g/mol. The molecule has 1 amide bonds. The average molecular weight is 287 g/mol. The number of hydrogen-bond donors (Lipinski definition) is 1. The Bertz CT molecular complexity index is 566. The first-order chi connectivity index (χ1) is 10.2. The maximum atomic E-state index is 12.5. The van der Waals surface area contributed by atoms with Gasteiger partial charge in [-0.3, -0.25) is 4.79 Å². The van der Waals surface area contributed by atoms with Gasteiger partial charge in [0.1, 0.15) is 0 Å². The minimum Gasteiger partial charge on any atom is -0.411 e. The Labute approximate surface area is 124 Å². The molecule has 1 saturated carbocycles. The van der Waals surface area contributed by atoms with Gasteiger partial charge in [0, 0.05) is 36.8 Å². The molecule has 0 saturated heterocycles. The molecule has 1 aliphatic carbocycles. The molecule has 0 aromatic heterocycles. The molecule has 0 atom stereocenters. The zero-order chi connectivity index (χ0) is 14.8. The molecule has 1 aromatic carbocycles. The molecule has 2 aliphatic rings. The third-order valence-corrected chi connectivity index (χ3v) is 4.27. The van der Waals surface area contributed by atoms with E-state index in [2.05, 4.69) is 10.1 Å². The van der Waals surface area contributed by atoms with Crippen molar-refractivity contribution in [1.82, 2.24) is 4.90 Å². The topological polar surface area (TPSA) is 56.1 Å². The van der Waals surface area contributed by atoms with E-state index in [9.17, 15) is 4.79 Å². The predicted molar refractivity (Wildman–Crippen MR) is 82.0 cm³/mol. The first-order valence-corrected chi connectivity index (χ1v) is 7.59. The Morgan fingerprint density at radius 1 is 1.43 bits per heavy atom. The van der Waals surface area contributed by atoms with Crippen molar-refractivity contribution >= 4 is 17.3 Å². The molecule has 1 fully saturated rings. The molecule has 0 radical (unpaired) electrons. The summed E-state index contributed by atoms with van der Waals surface area (Å²) in [6.45, 7) is 3.93. The van der Waals surface area contributed by atoms with Crippen LogP contribution in [0.1, 0.15) is 31.7 Å². The second-order valence-corrected chi connectivity index (χ2v) is 5.65. The van der Waals surface area contributed by atoms with Gasteiger partial charge in [-0.1, -0.05) is 23.4 Å². The van der Waals surface area contributed by atoms with Gasteiger partial charge in [0.25, 0.3) is 0 Å². The number of nitrogens with zero attached hydrogens (tertiary/aromatic N) is 3. The van der Waals surface area contributed by atoms with E-state index in [0.717, 1.165) is 30.6 Å². The molecule has 3 rings (SSSR count). The number of hydrogen-bond acceptors (Lipinski definition) is 4. The highest BCUT2D eigenvalue weighted by Gasteiger charge is 2.32. The van der Waals surface area contributed by atoms with Crippen molar-refractivity contribution in [2.45, 2.75) is 32.2 Å². The van der Waals surface area contributed by atoms with Crippen LogP contribution in [-0.4, -0.2) is 47.4 Å². The van der Waals surface area contributed by atoms with Gasteiger partial charge in [0.15, 0.2) is 0 Å². The van der Waals surface area contributed by atoms with Crippen LogP contribution in [0.5, 0.6) is 0 Å². The van der Waals surface area contributed by atoms with E-state index in [1.54, 1.807) is 0 Å². The third-order valence-electron chi connectivity index (χ3n) is 4.27. The standard InChI is InChI=1S/C16H21N3O2/c1-2-19(12-7-8-12)16(20)11-18-10-9-14(17-21)13-5-3-4-6-15(13)18/h3-6,12,21H,2,7-11H2,1H3. The second kappa shape index (κ2) is 5.76. The molecule has 5 nitrogen and oxygen atoms in total. The number of anilines is 1. The van der Waals surface area contributed by atoms with Crippen LogP contribution in [0.4, 0.5) is 5.69 Å². The number of oxime groups is 1. The Balaban J connectivity index is 1.79. The van der Waals surface area contributed by atoms with Gasteiger partial charge in [-0.25, -0.2) is 0 Å². The number of para-hydroxylation sites is 1.